The first-order chi connectivity index (χ1) is 20.5. The topological polar surface area (TPSA) is 217 Å². The van der Waals surface area contributed by atoms with Gasteiger partial charge in [-0.2, -0.15) is 0 Å². The van der Waals surface area contributed by atoms with E-state index >= 15 is 0 Å². The molecule has 0 radical (unpaired) electrons. The number of carbonyl (C=O) groups excluding carboxylic acids is 1. The third-order valence-corrected chi connectivity index (χ3v) is 6.65. The molecule has 5 atom stereocenters. The Labute approximate surface area is 242 Å². The van der Waals surface area contributed by atoms with Crippen molar-refractivity contribution in [3.05, 3.63) is 82.5 Å². The number of rotatable bonds is 7. The summed E-state index contributed by atoms with van der Waals surface area (Å²) in [5, 5.41) is 71.1. The van der Waals surface area contributed by atoms with E-state index in [-0.39, 0.29) is 34.1 Å². The highest BCUT2D eigenvalue weighted by molar-refractivity contribution is 5.87. The zero-order valence-corrected chi connectivity index (χ0v) is 22.1. The molecule has 43 heavy (non-hydrogen) atoms. The van der Waals surface area contributed by atoms with Gasteiger partial charge in [0, 0.05) is 23.8 Å². The maximum absolute atomic E-state index is 12.2. The van der Waals surface area contributed by atoms with Gasteiger partial charge in [-0.1, -0.05) is 12.1 Å². The van der Waals surface area contributed by atoms with Crippen molar-refractivity contribution in [1.82, 2.24) is 0 Å². The Balaban J connectivity index is 1.40. The number of phenolic OH excluding ortho intramolecular Hbond substituents is 4. The number of hydrogen-bond acceptors (Lipinski definition) is 13. The SMILES string of the molecule is O=C(/C=C/c1ccc(O)cc1)OCC1OC(Oc2cc3c(O)cc(=O)cc-3oc2-c2ccc(O)c(O)c2)C(O)C(O)C1O. The first kappa shape index (κ1) is 29.4. The average Bonchev–Trinajstić information content (AvgIpc) is 2.98. The summed E-state index contributed by atoms with van der Waals surface area (Å²) in [6, 6.07) is 13.0. The summed E-state index contributed by atoms with van der Waals surface area (Å²) >= 11 is 0. The maximum atomic E-state index is 12.2. The molecule has 0 saturated carbocycles. The summed E-state index contributed by atoms with van der Waals surface area (Å²) in [7, 11) is 0. The molecular formula is C30H26O13. The van der Waals surface area contributed by atoms with Gasteiger partial charge in [-0.25, -0.2) is 4.79 Å². The number of hydrogen-bond donors (Lipinski definition) is 7. The summed E-state index contributed by atoms with van der Waals surface area (Å²) in [4.78, 5) is 24.2. The quantitative estimate of drug-likeness (QED) is 0.0922. The molecule has 0 amide bonds. The second-order valence-corrected chi connectivity index (χ2v) is 9.68. The Morgan fingerprint density at radius 1 is 0.837 bits per heavy atom. The summed E-state index contributed by atoms with van der Waals surface area (Å²) in [5.74, 6) is -2.48. The highest BCUT2D eigenvalue weighted by atomic mass is 16.7. The van der Waals surface area contributed by atoms with Gasteiger partial charge in [-0.05, 0) is 48.0 Å². The molecule has 1 saturated heterocycles. The Kier molecular flexibility index (Phi) is 8.23. The summed E-state index contributed by atoms with van der Waals surface area (Å²) in [6.45, 7) is -0.544. The predicted octanol–water partition coefficient (Wildman–Crippen LogP) is 1.68. The minimum Gasteiger partial charge on any atom is -0.508 e. The number of aliphatic hydroxyl groups is 3. The van der Waals surface area contributed by atoms with E-state index in [1.54, 1.807) is 12.1 Å². The molecule has 2 aromatic carbocycles. The van der Waals surface area contributed by atoms with E-state index < -0.39 is 66.0 Å². The minimum absolute atomic E-state index is 0.0399. The Morgan fingerprint density at radius 3 is 2.30 bits per heavy atom. The minimum atomic E-state index is -1.81. The third-order valence-electron chi connectivity index (χ3n) is 6.65. The molecule has 0 bridgehead atoms. The van der Waals surface area contributed by atoms with Crippen LogP contribution in [0, 0.1) is 0 Å². The lowest BCUT2D eigenvalue weighted by atomic mass is 9.99. The molecule has 0 aromatic heterocycles. The molecule has 3 aliphatic rings. The molecule has 5 rings (SSSR count). The van der Waals surface area contributed by atoms with Crippen LogP contribution in [0.25, 0.3) is 28.7 Å². The molecule has 2 heterocycles. The number of aliphatic hydroxyl groups excluding tert-OH is 3. The van der Waals surface area contributed by atoms with Crippen molar-refractivity contribution in [2.75, 3.05) is 6.61 Å². The molecule has 0 spiro atoms. The lowest BCUT2D eigenvalue weighted by molar-refractivity contribution is -0.278. The number of phenols is 4. The van der Waals surface area contributed by atoms with Crippen molar-refractivity contribution in [2.45, 2.75) is 30.7 Å². The smallest absolute Gasteiger partial charge is 0.330 e. The fourth-order valence-corrected chi connectivity index (χ4v) is 4.37. The lowest BCUT2D eigenvalue weighted by Gasteiger charge is -2.40. The molecular weight excluding hydrogens is 568 g/mol. The van der Waals surface area contributed by atoms with Crippen LogP contribution in [0.1, 0.15) is 5.56 Å². The number of fused-ring (bicyclic) bond motifs is 1. The van der Waals surface area contributed by atoms with Crippen LogP contribution in [0.3, 0.4) is 0 Å². The lowest BCUT2D eigenvalue weighted by Crippen LogP contribution is -2.60. The number of ether oxygens (including phenoxy) is 3. The zero-order chi connectivity index (χ0) is 30.8. The highest BCUT2D eigenvalue weighted by Crippen LogP contribution is 2.43. The van der Waals surface area contributed by atoms with Crippen LogP contribution in [0.4, 0.5) is 0 Å². The van der Waals surface area contributed by atoms with Gasteiger partial charge in [-0.15, -0.1) is 0 Å². The second kappa shape index (κ2) is 12.0. The van der Waals surface area contributed by atoms with Crippen LogP contribution >= 0.6 is 0 Å². The van der Waals surface area contributed by atoms with Crippen LogP contribution in [0.15, 0.2) is 76.0 Å². The van der Waals surface area contributed by atoms with Gasteiger partial charge in [0.1, 0.15) is 48.3 Å². The molecule has 2 aliphatic heterocycles. The largest absolute Gasteiger partial charge is 0.508 e. The number of benzene rings is 3. The fraction of sp³-hybridized carbons (Fsp3) is 0.200. The number of aromatic hydroxyl groups is 4. The van der Waals surface area contributed by atoms with E-state index in [1.807, 2.05) is 0 Å². The third kappa shape index (κ3) is 6.39. The van der Waals surface area contributed by atoms with Crippen molar-refractivity contribution in [1.29, 1.82) is 0 Å². The maximum Gasteiger partial charge on any atom is 0.330 e. The van der Waals surface area contributed by atoms with Crippen LogP contribution in [0.2, 0.25) is 0 Å². The molecule has 1 aliphatic carbocycles. The van der Waals surface area contributed by atoms with Crippen molar-refractivity contribution in [2.24, 2.45) is 0 Å². The molecule has 13 nitrogen and oxygen atoms in total. The first-order valence-electron chi connectivity index (χ1n) is 12.8. The monoisotopic (exact) mass is 594 g/mol. The summed E-state index contributed by atoms with van der Waals surface area (Å²) < 4.78 is 22.5. The van der Waals surface area contributed by atoms with Gasteiger partial charge in [0.15, 0.2) is 28.4 Å². The first-order valence-corrected chi connectivity index (χ1v) is 12.8. The van der Waals surface area contributed by atoms with Crippen LogP contribution in [-0.2, 0) is 14.3 Å². The van der Waals surface area contributed by atoms with Gasteiger partial charge in [0.05, 0.1) is 5.56 Å². The highest BCUT2D eigenvalue weighted by Gasteiger charge is 2.46. The number of esters is 1. The standard InChI is InChI=1S/C30H26O13/c31-16-5-1-14(2-6-16)3-8-25(36)40-13-24-26(37)27(38)28(39)30(43-24)42-23-12-18-20(34)10-17(32)11-22(18)41-29(23)15-4-7-19(33)21(35)9-15/h1-12,24,26-28,30-31,33-35,37-39H,13H2/b8-3+. The van der Waals surface area contributed by atoms with Crippen molar-refractivity contribution in [3.63, 3.8) is 0 Å². The number of carbonyl (C=O) groups is 1. The van der Waals surface area contributed by atoms with Gasteiger partial charge in [0.2, 0.25) is 6.29 Å². The Bertz CT molecular complexity index is 1680. The normalized spacial score (nSPS) is 22.1. The summed E-state index contributed by atoms with van der Waals surface area (Å²) in [6.07, 6.45) is -5.79. The van der Waals surface area contributed by atoms with E-state index in [4.69, 9.17) is 18.6 Å². The zero-order valence-electron chi connectivity index (χ0n) is 22.1. The van der Waals surface area contributed by atoms with E-state index in [0.29, 0.717) is 5.56 Å². The van der Waals surface area contributed by atoms with Crippen molar-refractivity contribution >= 4 is 12.0 Å². The molecule has 7 N–H and O–H groups in total. The van der Waals surface area contributed by atoms with E-state index in [2.05, 4.69) is 0 Å². The average molecular weight is 595 g/mol. The molecule has 1 fully saturated rings. The van der Waals surface area contributed by atoms with Gasteiger partial charge in [0.25, 0.3) is 0 Å². The molecule has 224 valence electrons. The predicted molar refractivity (Wildman–Crippen MR) is 147 cm³/mol. The van der Waals surface area contributed by atoms with E-state index in [9.17, 15) is 45.3 Å². The van der Waals surface area contributed by atoms with Crippen molar-refractivity contribution < 1.29 is 59.2 Å². The van der Waals surface area contributed by atoms with E-state index in [0.717, 1.165) is 24.3 Å². The van der Waals surface area contributed by atoms with Gasteiger partial charge >= 0.3 is 5.97 Å². The Hall–Kier alpha value is -5.08. The van der Waals surface area contributed by atoms with Crippen LogP contribution in [-0.4, -0.2) is 79.0 Å². The van der Waals surface area contributed by atoms with Crippen LogP contribution < -0.4 is 10.2 Å². The van der Waals surface area contributed by atoms with Crippen molar-refractivity contribution in [3.8, 4) is 51.4 Å². The van der Waals surface area contributed by atoms with Crippen LogP contribution in [0.5, 0.6) is 28.7 Å². The Morgan fingerprint density at radius 2 is 1.58 bits per heavy atom. The molecule has 2 aromatic rings. The fourth-order valence-electron chi connectivity index (χ4n) is 4.37. The second-order valence-electron chi connectivity index (χ2n) is 9.68. The summed E-state index contributed by atoms with van der Waals surface area (Å²) in [5.41, 5.74) is 0.241. The van der Waals surface area contributed by atoms with Gasteiger partial charge < -0.3 is 54.4 Å². The van der Waals surface area contributed by atoms with E-state index in [1.165, 1.54) is 36.4 Å². The molecule has 13 heteroatoms. The van der Waals surface area contributed by atoms with Gasteiger partial charge in [-0.3, -0.25) is 4.79 Å². The molecule has 5 unspecified atom stereocenters.